The molecular formula is C12H13N5O. The van der Waals surface area contributed by atoms with Gasteiger partial charge in [-0.2, -0.15) is 5.10 Å². The van der Waals surface area contributed by atoms with Crippen molar-refractivity contribution in [3.8, 4) is 11.3 Å². The third-order valence-electron chi connectivity index (χ3n) is 2.75. The van der Waals surface area contributed by atoms with E-state index in [4.69, 9.17) is 4.42 Å². The Kier molecular flexibility index (Phi) is 2.77. The molecule has 18 heavy (non-hydrogen) atoms. The Morgan fingerprint density at radius 1 is 1.39 bits per heavy atom. The summed E-state index contributed by atoms with van der Waals surface area (Å²) in [6.07, 6.45) is 8.50. The molecule has 3 rings (SSSR count). The molecule has 0 radical (unpaired) electrons. The predicted molar refractivity (Wildman–Crippen MR) is 65.9 cm³/mol. The molecule has 0 saturated heterocycles. The van der Waals surface area contributed by atoms with Crippen LogP contribution in [0.2, 0.25) is 0 Å². The summed E-state index contributed by atoms with van der Waals surface area (Å²) in [7, 11) is 0. The molecule has 0 aliphatic carbocycles. The summed E-state index contributed by atoms with van der Waals surface area (Å²) in [4.78, 5) is 8.34. The van der Waals surface area contributed by atoms with Crippen molar-refractivity contribution >= 4 is 5.52 Å². The van der Waals surface area contributed by atoms with E-state index in [1.54, 1.807) is 29.3 Å². The Morgan fingerprint density at radius 2 is 2.33 bits per heavy atom. The normalized spacial score (nSPS) is 11.2. The van der Waals surface area contributed by atoms with E-state index in [1.807, 2.05) is 0 Å². The molecule has 0 saturated carbocycles. The minimum atomic E-state index is 0.680. The number of hydrogen-bond acceptors (Lipinski definition) is 5. The van der Waals surface area contributed by atoms with E-state index in [2.05, 4.69) is 27.3 Å². The molecule has 6 heteroatoms. The maximum atomic E-state index is 5.48. The van der Waals surface area contributed by atoms with Crippen LogP contribution in [-0.2, 0) is 6.54 Å². The summed E-state index contributed by atoms with van der Waals surface area (Å²) >= 11 is 0. The van der Waals surface area contributed by atoms with Gasteiger partial charge in [-0.05, 0) is 6.54 Å². The standard InChI is InChI=1S/C12H13N5O/c1-2-13-6-10-12(18-8-15-10)9-5-16-17-4-3-14-7-11(9)17/h3-5,7-8,13H,2,6H2,1H3. The zero-order valence-electron chi connectivity index (χ0n) is 10.00. The molecule has 0 aromatic carbocycles. The van der Waals surface area contributed by atoms with E-state index in [0.717, 1.165) is 29.1 Å². The van der Waals surface area contributed by atoms with Gasteiger partial charge in [0.25, 0.3) is 0 Å². The summed E-state index contributed by atoms with van der Waals surface area (Å²) in [6.45, 7) is 3.63. The fourth-order valence-corrected chi connectivity index (χ4v) is 1.87. The Balaban J connectivity index is 2.06. The summed E-state index contributed by atoms with van der Waals surface area (Å²) in [6, 6.07) is 0. The first-order chi connectivity index (χ1) is 8.90. The van der Waals surface area contributed by atoms with Crippen molar-refractivity contribution in [2.45, 2.75) is 13.5 Å². The van der Waals surface area contributed by atoms with Crippen LogP contribution in [-0.4, -0.2) is 26.1 Å². The van der Waals surface area contributed by atoms with Gasteiger partial charge in [0.05, 0.1) is 23.5 Å². The van der Waals surface area contributed by atoms with E-state index >= 15 is 0 Å². The zero-order valence-corrected chi connectivity index (χ0v) is 10.00. The average molecular weight is 243 g/mol. The number of oxazole rings is 1. The number of aromatic nitrogens is 4. The fraction of sp³-hybridized carbons (Fsp3) is 0.250. The first-order valence-corrected chi connectivity index (χ1v) is 5.81. The lowest BCUT2D eigenvalue weighted by Crippen LogP contribution is -2.12. The molecule has 0 aliphatic rings. The van der Waals surface area contributed by atoms with Gasteiger partial charge in [0, 0.05) is 18.9 Å². The lowest BCUT2D eigenvalue weighted by atomic mass is 10.2. The second-order valence-electron chi connectivity index (χ2n) is 3.87. The smallest absolute Gasteiger partial charge is 0.181 e. The average Bonchev–Trinajstić information content (AvgIpc) is 3.02. The molecule has 3 heterocycles. The van der Waals surface area contributed by atoms with Crippen LogP contribution in [0.5, 0.6) is 0 Å². The second-order valence-corrected chi connectivity index (χ2v) is 3.87. The molecule has 3 aromatic heterocycles. The molecule has 0 unspecified atom stereocenters. The third kappa shape index (κ3) is 1.76. The number of fused-ring (bicyclic) bond motifs is 1. The van der Waals surface area contributed by atoms with Crippen LogP contribution >= 0.6 is 0 Å². The van der Waals surface area contributed by atoms with Gasteiger partial charge in [-0.15, -0.1) is 0 Å². The molecule has 0 amide bonds. The summed E-state index contributed by atoms with van der Waals surface area (Å²) in [5, 5.41) is 7.50. The highest BCUT2D eigenvalue weighted by molar-refractivity contribution is 5.77. The van der Waals surface area contributed by atoms with Gasteiger partial charge in [0.2, 0.25) is 0 Å². The summed E-state index contributed by atoms with van der Waals surface area (Å²) in [5.74, 6) is 0.749. The minimum Gasteiger partial charge on any atom is -0.443 e. The van der Waals surface area contributed by atoms with Crippen molar-refractivity contribution in [3.63, 3.8) is 0 Å². The van der Waals surface area contributed by atoms with E-state index in [1.165, 1.54) is 6.39 Å². The first-order valence-electron chi connectivity index (χ1n) is 5.81. The second kappa shape index (κ2) is 4.58. The Bertz CT molecular complexity index is 657. The minimum absolute atomic E-state index is 0.680. The van der Waals surface area contributed by atoms with Gasteiger partial charge >= 0.3 is 0 Å². The van der Waals surface area contributed by atoms with E-state index in [-0.39, 0.29) is 0 Å². The maximum Gasteiger partial charge on any atom is 0.181 e. The monoisotopic (exact) mass is 243 g/mol. The molecule has 0 aliphatic heterocycles. The van der Waals surface area contributed by atoms with Crippen molar-refractivity contribution < 1.29 is 4.42 Å². The zero-order chi connectivity index (χ0) is 12.4. The van der Waals surface area contributed by atoms with Crippen LogP contribution < -0.4 is 5.32 Å². The highest BCUT2D eigenvalue weighted by Gasteiger charge is 2.15. The van der Waals surface area contributed by atoms with Gasteiger partial charge in [0.15, 0.2) is 12.2 Å². The number of nitrogens with one attached hydrogen (secondary N) is 1. The number of hydrogen-bond donors (Lipinski definition) is 1. The van der Waals surface area contributed by atoms with Crippen molar-refractivity contribution in [1.82, 2.24) is 24.9 Å². The fourth-order valence-electron chi connectivity index (χ4n) is 1.87. The molecule has 0 bridgehead atoms. The first kappa shape index (κ1) is 10.9. The van der Waals surface area contributed by atoms with Crippen LogP contribution in [0.15, 0.2) is 35.6 Å². The number of nitrogens with zero attached hydrogens (tertiary/aromatic N) is 4. The van der Waals surface area contributed by atoms with E-state index in [9.17, 15) is 0 Å². The van der Waals surface area contributed by atoms with Crippen molar-refractivity contribution in [2.75, 3.05) is 6.54 Å². The van der Waals surface area contributed by atoms with Crippen LogP contribution in [0, 0.1) is 0 Å². The lowest BCUT2D eigenvalue weighted by Gasteiger charge is -2.00. The quantitative estimate of drug-likeness (QED) is 0.752. The van der Waals surface area contributed by atoms with Crippen LogP contribution in [0.3, 0.4) is 0 Å². The van der Waals surface area contributed by atoms with Crippen LogP contribution in [0.4, 0.5) is 0 Å². The van der Waals surface area contributed by atoms with Gasteiger partial charge in [-0.1, -0.05) is 6.92 Å². The highest BCUT2D eigenvalue weighted by atomic mass is 16.3. The molecule has 92 valence electrons. The molecule has 1 N–H and O–H groups in total. The molecule has 0 spiro atoms. The Hall–Kier alpha value is -2.21. The molecule has 0 fully saturated rings. The van der Waals surface area contributed by atoms with Crippen molar-refractivity contribution in [2.24, 2.45) is 0 Å². The van der Waals surface area contributed by atoms with Gasteiger partial charge in [-0.25, -0.2) is 9.50 Å². The van der Waals surface area contributed by atoms with E-state index in [0.29, 0.717) is 6.54 Å². The van der Waals surface area contributed by atoms with Gasteiger partial charge < -0.3 is 9.73 Å². The third-order valence-corrected chi connectivity index (χ3v) is 2.75. The van der Waals surface area contributed by atoms with Gasteiger partial charge in [-0.3, -0.25) is 4.98 Å². The number of rotatable bonds is 4. The molecule has 0 atom stereocenters. The predicted octanol–water partition coefficient (Wildman–Crippen LogP) is 1.49. The van der Waals surface area contributed by atoms with Crippen molar-refractivity contribution in [3.05, 3.63) is 36.9 Å². The maximum absolute atomic E-state index is 5.48. The molecule has 3 aromatic rings. The van der Waals surface area contributed by atoms with Crippen LogP contribution in [0.25, 0.3) is 16.8 Å². The summed E-state index contributed by atoms with van der Waals surface area (Å²) in [5.41, 5.74) is 2.70. The SMILES string of the molecule is CCNCc1ncoc1-c1cnn2ccncc12. The Labute approximate surface area is 104 Å². The van der Waals surface area contributed by atoms with Crippen LogP contribution in [0.1, 0.15) is 12.6 Å². The van der Waals surface area contributed by atoms with E-state index < -0.39 is 0 Å². The van der Waals surface area contributed by atoms with Gasteiger partial charge in [0.1, 0.15) is 5.69 Å². The largest absolute Gasteiger partial charge is 0.443 e. The topological polar surface area (TPSA) is 68.2 Å². The highest BCUT2D eigenvalue weighted by Crippen LogP contribution is 2.26. The molecule has 6 nitrogen and oxygen atoms in total. The molecular weight excluding hydrogens is 230 g/mol. The lowest BCUT2D eigenvalue weighted by molar-refractivity contribution is 0.570. The van der Waals surface area contributed by atoms with Crippen molar-refractivity contribution in [1.29, 1.82) is 0 Å². The Morgan fingerprint density at radius 3 is 3.22 bits per heavy atom. The summed E-state index contributed by atoms with van der Waals surface area (Å²) < 4.78 is 7.25.